The SMILES string of the molecule is CCOc1cccc(CNC(=O)c2ccc(C)c(S(=O)(=O)Nc3ccc(OC)cc3)c2)c1. The molecule has 168 valence electrons. The number of sulfonamides is 1. The molecule has 3 rings (SSSR count). The summed E-state index contributed by atoms with van der Waals surface area (Å²) < 4.78 is 39.0. The number of hydrogen-bond acceptors (Lipinski definition) is 5. The van der Waals surface area contributed by atoms with Crippen LogP contribution in [0.25, 0.3) is 0 Å². The van der Waals surface area contributed by atoms with Gasteiger partial charge in [-0.25, -0.2) is 8.42 Å². The van der Waals surface area contributed by atoms with Gasteiger partial charge in [0.1, 0.15) is 11.5 Å². The van der Waals surface area contributed by atoms with Crippen LogP contribution >= 0.6 is 0 Å². The van der Waals surface area contributed by atoms with E-state index in [4.69, 9.17) is 9.47 Å². The Kier molecular flexibility index (Phi) is 7.37. The number of methoxy groups -OCH3 is 1. The Hall–Kier alpha value is -3.52. The van der Waals surface area contributed by atoms with E-state index in [0.717, 1.165) is 11.3 Å². The van der Waals surface area contributed by atoms with Crippen molar-refractivity contribution >= 4 is 21.6 Å². The van der Waals surface area contributed by atoms with Crippen molar-refractivity contribution in [3.63, 3.8) is 0 Å². The molecule has 3 aromatic carbocycles. The zero-order valence-electron chi connectivity index (χ0n) is 18.2. The number of hydrogen-bond donors (Lipinski definition) is 2. The van der Waals surface area contributed by atoms with Gasteiger partial charge in [-0.15, -0.1) is 0 Å². The third kappa shape index (κ3) is 5.79. The number of ether oxygens (including phenoxy) is 2. The van der Waals surface area contributed by atoms with Gasteiger partial charge in [0.25, 0.3) is 15.9 Å². The van der Waals surface area contributed by atoms with E-state index in [2.05, 4.69) is 10.0 Å². The third-order valence-corrected chi connectivity index (χ3v) is 6.27. The molecule has 32 heavy (non-hydrogen) atoms. The van der Waals surface area contributed by atoms with E-state index in [9.17, 15) is 13.2 Å². The second-order valence-corrected chi connectivity index (χ2v) is 8.73. The molecule has 2 N–H and O–H groups in total. The highest BCUT2D eigenvalue weighted by Crippen LogP contribution is 2.22. The monoisotopic (exact) mass is 454 g/mol. The maximum Gasteiger partial charge on any atom is 0.262 e. The number of carbonyl (C=O) groups is 1. The Balaban J connectivity index is 1.75. The molecular formula is C24H26N2O5S. The van der Waals surface area contributed by atoms with Crippen LogP contribution < -0.4 is 19.5 Å². The lowest BCUT2D eigenvalue weighted by molar-refractivity contribution is 0.0950. The summed E-state index contributed by atoms with van der Waals surface area (Å²) in [6, 6.07) is 18.6. The van der Waals surface area contributed by atoms with Crippen LogP contribution in [0, 0.1) is 6.92 Å². The highest BCUT2D eigenvalue weighted by molar-refractivity contribution is 7.92. The molecule has 0 aliphatic rings. The predicted octanol–water partition coefficient (Wildman–Crippen LogP) is 4.13. The van der Waals surface area contributed by atoms with Gasteiger partial charge in [-0.3, -0.25) is 9.52 Å². The zero-order chi connectivity index (χ0) is 23.1. The molecule has 1 amide bonds. The molecule has 3 aromatic rings. The molecule has 0 radical (unpaired) electrons. The zero-order valence-corrected chi connectivity index (χ0v) is 19.0. The van der Waals surface area contributed by atoms with E-state index < -0.39 is 10.0 Å². The number of rotatable bonds is 9. The van der Waals surface area contributed by atoms with Crippen molar-refractivity contribution in [1.82, 2.24) is 5.32 Å². The number of carbonyl (C=O) groups excluding carboxylic acids is 1. The molecule has 0 bridgehead atoms. The molecule has 7 nitrogen and oxygen atoms in total. The first-order valence-corrected chi connectivity index (χ1v) is 11.6. The van der Waals surface area contributed by atoms with Crippen molar-refractivity contribution in [2.75, 3.05) is 18.4 Å². The summed E-state index contributed by atoms with van der Waals surface area (Å²) >= 11 is 0. The van der Waals surface area contributed by atoms with Crippen molar-refractivity contribution in [3.05, 3.63) is 83.4 Å². The Morgan fingerprint density at radius 2 is 1.72 bits per heavy atom. The van der Waals surface area contributed by atoms with Crippen LogP contribution in [0.5, 0.6) is 11.5 Å². The largest absolute Gasteiger partial charge is 0.497 e. The number of nitrogens with one attached hydrogen (secondary N) is 2. The average Bonchev–Trinajstić information content (AvgIpc) is 2.78. The van der Waals surface area contributed by atoms with Gasteiger partial charge >= 0.3 is 0 Å². The van der Waals surface area contributed by atoms with Gasteiger partial charge in [-0.2, -0.15) is 0 Å². The average molecular weight is 455 g/mol. The van der Waals surface area contributed by atoms with Gasteiger partial charge in [0.15, 0.2) is 0 Å². The molecule has 0 aliphatic carbocycles. The van der Waals surface area contributed by atoms with Gasteiger partial charge in [-0.1, -0.05) is 18.2 Å². The lowest BCUT2D eigenvalue weighted by Gasteiger charge is -2.13. The van der Waals surface area contributed by atoms with Crippen molar-refractivity contribution in [1.29, 1.82) is 0 Å². The molecule has 8 heteroatoms. The summed E-state index contributed by atoms with van der Waals surface area (Å²) in [5, 5.41) is 2.82. The predicted molar refractivity (Wildman–Crippen MR) is 124 cm³/mol. The molecular weight excluding hydrogens is 428 g/mol. The van der Waals surface area contributed by atoms with Crippen LogP contribution in [-0.4, -0.2) is 28.0 Å². The van der Waals surface area contributed by atoms with Crippen LogP contribution in [0.2, 0.25) is 0 Å². The molecule has 0 saturated heterocycles. The van der Waals surface area contributed by atoms with E-state index in [0.29, 0.717) is 30.2 Å². The van der Waals surface area contributed by atoms with E-state index in [1.54, 1.807) is 43.3 Å². The third-order valence-electron chi connectivity index (χ3n) is 4.74. The van der Waals surface area contributed by atoms with Crippen LogP contribution in [0.1, 0.15) is 28.4 Å². The van der Waals surface area contributed by atoms with Crippen LogP contribution in [0.4, 0.5) is 5.69 Å². The van der Waals surface area contributed by atoms with Gasteiger partial charge in [0, 0.05) is 17.8 Å². The van der Waals surface area contributed by atoms with Crippen molar-refractivity contribution in [3.8, 4) is 11.5 Å². The van der Waals surface area contributed by atoms with Crippen LogP contribution in [0.15, 0.2) is 71.6 Å². The number of aryl methyl sites for hydroxylation is 1. The van der Waals surface area contributed by atoms with Crippen molar-refractivity contribution < 1.29 is 22.7 Å². The van der Waals surface area contributed by atoms with E-state index in [1.165, 1.54) is 13.2 Å². The molecule has 0 aliphatic heterocycles. The summed E-state index contributed by atoms with van der Waals surface area (Å²) in [6.45, 7) is 4.44. The molecule has 0 spiro atoms. The maximum absolute atomic E-state index is 12.9. The Morgan fingerprint density at radius 1 is 0.969 bits per heavy atom. The summed E-state index contributed by atoms with van der Waals surface area (Å²) in [4.78, 5) is 12.7. The lowest BCUT2D eigenvalue weighted by atomic mass is 10.1. The van der Waals surface area contributed by atoms with E-state index >= 15 is 0 Å². The quantitative estimate of drug-likeness (QED) is 0.507. The van der Waals surface area contributed by atoms with Crippen LogP contribution in [-0.2, 0) is 16.6 Å². The smallest absolute Gasteiger partial charge is 0.262 e. The Bertz CT molecular complexity index is 1190. The molecule has 0 atom stereocenters. The van der Waals surface area contributed by atoms with E-state index in [-0.39, 0.29) is 16.4 Å². The first kappa shape index (κ1) is 23.1. The van der Waals surface area contributed by atoms with Crippen LogP contribution in [0.3, 0.4) is 0 Å². The minimum absolute atomic E-state index is 0.0410. The number of amides is 1. The van der Waals surface area contributed by atoms with Gasteiger partial charge in [-0.05, 0) is 73.5 Å². The summed E-state index contributed by atoms with van der Waals surface area (Å²) in [7, 11) is -2.35. The number of anilines is 1. The number of benzene rings is 3. The first-order chi connectivity index (χ1) is 15.3. The van der Waals surface area contributed by atoms with Crippen molar-refractivity contribution in [2.45, 2.75) is 25.3 Å². The highest BCUT2D eigenvalue weighted by atomic mass is 32.2. The first-order valence-electron chi connectivity index (χ1n) is 10.1. The van der Waals surface area contributed by atoms with E-state index in [1.807, 2.05) is 31.2 Å². The maximum atomic E-state index is 12.9. The Morgan fingerprint density at radius 3 is 2.41 bits per heavy atom. The normalized spacial score (nSPS) is 11.0. The summed E-state index contributed by atoms with van der Waals surface area (Å²) in [5.74, 6) is 0.981. The molecule has 0 saturated carbocycles. The minimum Gasteiger partial charge on any atom is -0.497 e. The molecule has 0 aromatic heterocycles. The summed E-state index contributed by atoms with van der Waals surface area (Å²) in [6.07, 6.45) is 0. The molecule has 0 heterocycles. The lowest BCUT2D eigenvalue weighted by Crippen LogP contribution is -2.23. The van der Waals surface area contributed by atoms with Gasteiger partial charge in [0.05, 0.1) is 18.6 Å². The molecule has 0 fully saturated rings. The van der Waals surface area contributed by atoms with Crippen molar-refractivity contribution in [2.24, 2.45) is 0 Å². The fraction of sp³-hybridized carbons (Fsp3) is 0.208. The van der Waals surface area contributed by atoms with Gasteiger partial charge in [0.2, 0.25) is 0 Å². The minimum atomic E-state index is -3.89. The molecule has 0 unspecified atom stereocenters. The second kappa shape index (κ2) is 10.2. The second-order valence-electron chi connectivity index (χ2n) is 7.08. The Labute approximate surface area is 188 Å². The highest BCUT2D eigenvalue weighted by Gasteiger charge is 2.19. The fourth-order valence-corrected chi connectivity index (χ4v) is 4.43. The topological polar surface area (TPSA) is 93.7 Å². The standard InChI is InChI=1S/C24H26N2O5S/c1-4-31-22-7-5-6-18(14-22)16-25-24(27)19-9-8-17(2)23(15-19)32(28,29)26-20-10-12-21(30-3)13-11-20/h5-15,26H,4,16H2,1-3H3,(H,25,27). The van der Waals surface area contributed by atoms with Gasteiger partial charge < -0.3 is 14.8 Å². The summed E-state index contributed by atoms with van der Waals surface area (Å²) in [5.41, 5.74) is 2.07. The fourth-order valence-electron chi connectivity index (χ4n) is 3.10.